The Bertz CT molecular complexity index is 913. The van der Waals surface area contributed by atoms with Gasteiger partial charge in [0.05, 0.1) is 11.3 Å². The number of carbonyl (C=O) groups is 1. The van der Waals surface area contributed by atoms with Crippen LogP contribution < -0.4 is 11.2 Å². The van der Waals surface area contributed by atoms with Gasteiger partial charge in [-0.2, -0.15) is 0 Å². The van der Waals surface area contributed by atoms with Crippen molar-refractivity contribution in [2.45, 2.75) is 27.3 Å². The number of aromatic nitrogens is 2. The zero-order valence-electron chi connectivity index (χ0n) is 14.3. The molecular weight excluding hydrogens is 346 g/mol. The fourth-order valence-corrected chi connectivity index (χ4v) is 2.78. The number of carboxylic acid groups (broad SMARTS) is 1. The number of benzene rings is 1. The molecule has 0 bridgehead atoms. The fourth-order valence-electron chi connectivity index (χ4n) is 2.61. The molecule has 7 nitrogen and oxygen atoms in total. The van der Waals surface area contributed by atoms with Crippen LogP contribution in [0, 0.1) is 6.92 Å². The molecule has 1 aromatic heterocycles. The summed E-state index contributed by atoms with van der Waals surface area (Å²) in [7, 11) is 0. The minimum Gasteiger partial charge on any atom is -0.477 e. The normalized spacial score (nSPS) is 11.1. The minimum atomic E-state index is -1.34. The van der Waals surface area contributed by atoms with Crippen LogP contribution in [0.3, 0.4) is 0 Å². The second-order valence-corrected chi connectivity index (χ2v) is 6.06. The van der Waals surface area contributed by atoms with E-state index in [1.807, 2.05) is 18.7 Å². The molecule has 0 aliphatic heterocycles. The molecule has 0 amide bonds. The molecule has 0 radical (unpaired) electrons. The van der Waals surface area contributed by atoms with Crippen LogP contribution in [0.25, 0.3) is 5.69 Å². The predicted molar refractivity (Wildman–Crippen MR) is 96.0 cm³/mol. The van der Waals surface area contributed by atoms with Crippen LogP contribution in [0.4, 0.5) is 0 Å². The smallest absolute Gasteiger partial charge is 0.352 e. The molecule has 1 aromatic carbocycles. The maximum absolute atomic E-state index is 13.0. The zero-order valence-corrected chi connectivity index (χ0v) is 15.1. The molecule has 0 unspecified atom stereocenters. The summed E-state index contributed by atoms with van der Waals surface area (Å²) >= 11 is 5.99. The molecule has 0 fully saturated rings. The molecule has 2 aromatic rings. The van der Waals surface area contributed by atoms with Crippen LogP contribution in [0.1, 0.15) is 35.5 Å². The molecule has 8 heteroatoms. The van der Waals surface area contributed by atoms with E-state index in [0.29, 0.717) is 29.4 Å². The van der Waals surface area contributed by atoms with E-state index in [1.165, 1.54) is 6.07 Å². The Labute approximate surface area is 149 Å². The SMILES string of the molecule is CCN(CC)Cc1c(C(=O)O)[nH]c(=O)n(-c2cc(Cl)ccc2C)c1=O. The molecule has 1 heterocycles. The van der Waals surface area contributed by atoms with Crippen molar-refractivity contribution < 1.29 is 9.90 Å². The van der Waals surface area contributed by atoms with Crippen molar-refractivity contribution in [1.29, 1.82) is 0 Å². The number of hydrogen-bond acceptors (Lipinski definition) is 4. The van der Waals surface area contributed by atoms with E-state index in [2.05, 4.69) is 4.98 Å². The zero-order chi connectivity index (χ0) is 18.7. The van der Waals surface area contributed by atoms with Gasteiger partial charge in [-0.3, -0.25) is 9.69 Å². The van der Waals surface area contributed by atoms with Gasteiger partial charge < -0.3 is 10.1 Å². The van der Waals surface area contributed by atoms with Gasteiger partial charge in [-0.25, -0.2) is 14.2 Å². The third-order valence-corrected chi connectivity index (χ3v) is 4.34. The van der Waals surface area contributed by atoms with Gasteiger partial charge in [0, 0.05) is 11.6 Å². The lowest BCUT2D eigenvalue weighted by molar-refractivity contribution is 0.0686. The number of carboxylic acids is 1. The molecule has 25 heavy (non-hydrogen) atoms. The average Bonchev–Trinajstić information content (AvgIpc) is 2.56. The summed E-state index contributed by atoms with van der Waals surface area (Å²) in [4.78, 5) is 41.1. The summed E-state index contributed by atoms with van der Waals surface area (Å²) in [6, 6.07) is 4.86. The lowest BCUT2D eigenvalue weighted by Crippen LogP contribution is -2.40. The van der Waals surface area contributed by atoms with Crippen molar-refractivity contribution >= 4 is 17.6 Å². The Kier molecular flexibility index (Phi) is 5.81. The number of aryl methyl sites for hydroxylation is 1. The number of nitrogens with one attached hydrogen (secondary N) is 1. The summed E-state index contributed by atoms with van der Waals surface area (Å²) in [5.41, 5.74) is -0.798. The highest BCUT2D eigenvalue weighted by atomic mass is 35.5. The van der Waals surface area contributed by atoms with Crippen LogP contribution in [-0.4, -0.2) is 38.6 Å². The maximum atomic E-state index is 13.0. The lowest BCUT2D eigenvalue weighted by Gasteiger charge is -2.19. The van der Waals surface area contributed by atoms with Crippen LogP contribution >= 0.6 is 11.6 Å². The Hall–Kier alpha value is -2.38. The van der Waals surface area contributed by atoms with Crippen molar-refractivity contribution in [3.05, 3.63) is 60.9 Å². The highest BCUT2D eigenvalue weighted by Crippen LogP contribution is 2.17. The summed E-state index contributed by atoms with van der Waals surface area (Å²) in [6.07, 6.45) is 0. The van der Waals surface area contributed by atoms with E-state index in [1.54, 1.807) is 19.1 Å². The van der Waals surface area contributed by atoms with Gasteiger partial charge in [0.2, 0.25) is 0 Å². The van der Waals surface area contributed by atoms with Crippen LogP contribution in [0.2, 0.25) is 5.02 Å². The van der Waals surface area contributed by atoms with Crippen molar-refractivity contribution in [3.63, 3.8) is 0 Å². The summed E-state index contributed by atoms with van der Waals surface area (Å²) in [5, 5.41) is 9.75. The third-order valence-electron chi connectivity index (χ3n) is 4.10. The van der Waals surface area contributed by atoms with E-state index >= 15 is 0 Å². The van der Waals surface area contributed by atoms with E-state index < -0.39 is 17.2 Å². The number of aromatic amines is 1. The first kappa shape index (κ1) is 19.0. The Morgan fingerprint density at radius 2 is 1.92 bits per heavy atom. The summed E-state index contributed by atoms with van der Waals surface area (Å²) in [6.45, 7) is 6.98. The second kappa shape index (κ2) is 7.67. The molecule has 0 atom stereocenters. The lowest BCUT2D eigenvalue weighted by atomic mass is 10.1. The van der Waals surface area contributed by atoms with Gasteiger partial charge in [-0.1, -0.05) is 31.5 Å². The number of aromatic carboxylic acids is 1. The van der Waals surface area contributed by atoms with Crippen molar-refractivity contribution in [3.8, 4) is 5.69 Å². The predicted octanol–water partition coefficient (Wildman–Crippen LogP) is 2.03. The topological polar surface area (TPSA) is 95.4 Å². The van der Waals surface area contributed by atoms with Gasteiger partial charge in [0.1, 0.15) is 5.69 Å². The molecule has 0 aliphatic carbocycles. The van der Waals surface area contributed by atoms with E-state index in [0.717, 1.165) is 4.57 Å². The third kappa shape index (κ3) is 3.83. The minimum absolute atomic E-state index is 0.0372. The van der Waals surface area contributed by atoms with Crippen molar-refractivity contribution in [2.75, 3.05) is 13.1 Å². The molecule has 0 aliphatic rings. The number of H-pyrrole nitrogens is 1. The Morgan fingerprint density at radius 1 is 1.28 bits per heavy atom. The maximum Gasteiger partial charge on any atom is 0.352 e. The van der Waals surface area contributed by atoms with E-state index in [9.17, 15) is 19.5 Å². The van der Waals surface area contributed by atoms with Crippen LogP contribution in [0.5, 0.6) is 0 Å². The number of halogens is 1. The molecule has 0 saturated carbocycles. The second-order valence-electron chi connectivity index (χ2n) is 5.62. The Morgan fingerprint density at radius 3 is 2.48 bits per heavy atom. The summed E-state index contributed by atoms with van der Waals surface area (Å²) < 4.78 is 0.937. The first-order chi connectivity index (χ1) is 11.8. The highest BCUT2D eigenvalue weighted by molar-refractivity contribution is 6.30. The summed E-state index contributed by atoms with van der Waals surface area (Å²) in [5.74, 6) is -1.34. The van der Waals surface area contributed by atoms with Gasteiger partial charge >= 0.3 is 11.7 Å². The van der Waals surface area contributed by atoms with Crippen LogP contribution in [-0.2, 0) is 6.54 Å². The van der Waals surface area contributed by atoms with E-state index in [-0.39, 0.29) is 17.8 Å². The van der Waals surface area contributed by atoms with Gasteiger partial charge in [-0.15, -0.1) is 0 Å². The monoisotopic (exact) mass is 365 g/mol. The van der Waals surface area contributed by atoms with Crippen molar-refractivity contribution in [2.24, 2.45) is 0 Å². The molecule has 2 rings (SSSR count). The fraction of sp³-hybridized carbons (Fsp3) is 0.353. The molecule has 134 valence electrons. The average molecular weight is 366 g/mol. The highest BCUT2D eigenvalue weighted by Gasteiger charge is 2.21. The molecule has 0 saturated heterocycles. The van der Waals surface area contributed by atoms with Crippen molar-refractivity contribution in [1.82, 2.24) is 14.5 Å². The van der Waals surface area contributed by atoms with Gasteiger partial charge in [-0.05, 0) is 37.7 Å². The Balaban J connectivity index is 2.79. The van der Waals surface area contributed by atoms with E-state index in [4.69, 9.17) is 11.6 Å². The largest absolute Gasteiger partial charge is 0.477 e. The number of rotatable bonds is 6. The first-order valence-corrected chi connectivity index (χ1v) is 8.28. The van der Waals surface area contributed by atoms with Gasteiger partial charge in [0.15, 0.2) is 0 Å². The standard InChI is InChI=1S/C17H20ClN3O4/c1-4-20(5-2)9-12-14(16(23)24)19-17(25)21(15(12)22)13-8-11(18)7-6-10(13)3/h6-8H,4-5,9H2,1-3H3,(H,19,25)(H,23,24). The number of nitrogens with zero attached hydrogens (tertiary/aromatic N) is 2. The quantitative estimate of drug-likeness (QED) is 0.816. The molecule has 2 N–H and O–H groups in total. The first-order valence-electron chi connectivity index (χ1n) is 7.90. The van der Waals surface area contributed by atoms with Crippen LogP contribution in [0.15, 0.2) is 27.8 Å². The molecule has 0 spiro atoms. The molecular formula is C17H20ClN3O4. The van der Waals surface area contributed by atoms with Gasteiger partial charge in [0.25, 0.3) is 5.56 Å². The number of hydrogen-bond donors (Lipinski definition) is 2.